The van der Waals surface area contributed by atoms with Gasteiger partial charge in [0, 0.05) is 5.56 Å². The fourth-order valence-corrected chi connectivity index (χ4v) is 3.05. The second-order valence-electron chi connectivity index (χ2n) is 6.60. The van der Waals surface area contributed by atoms with E-state index in [0.29, 0.717) is 17.9 Å². The highest BCUT2D eigenvalue weighted by Crippen LogP contribution is 2.29. The van der Waals surface area contributed by atoms with Crippen LogP contribution in [0.1, 0.15) is 17.5 Å². The molecule has 0 saturated carbocycles. The molecule has 0 aromatic heterocycles. The third-order valence-electron chi connectivity index (χ3n) is 4.15. The summed E-state index contributed by atoms with van der Waals surface area (Å²) in [7, 11) is 0. The molecule has 0 aliphatic rings. The van der Waals surface area contributed by atoms with E-state index in [9.17, 15) is 22.8 Å². The van der Waals surface area contributed by atoms with Gasteiger partial charge in [-0.05, 0) is 48.8 Å². The smallest absolute Gasteiger partial charge is 0.416 e. The fraction of sp³-hybridized carbons (Fsp3) is 0.304. The zero-order valence-corrected chi connectivity index (χ0v) is 18.2. The molecule has 1 unspecified atom stereocenters. The Balaban J connectivity index is 1.88. The zero-order chi connectivity index (χ0) is 23.4. The Kier molecular flexibility index (Phi) is 9.95. The second kappa shape index (κ2) is 12.7. The Morgan fingerprint density at radius 3 is 2.56 bits per heavy atom. The molecule has 1 atom stereocenters. The summed E-state index contributed by atoms with van der Waals surface area (Å²) < 4.78 is 43.7. The molecule has 170 valence electrons. The van der Waals surface area contributed by atoms with Crippen molar-refractivity contribution < 1.29 is 27.5 Å². The Bertz CT molecular complexity index is 956. The van der Waals surface area contributed by atoms with Crippen molar-refractivity contribution >= 4 is 23.6 Å². The van der Waals surface area contributed by atoms with Crippen LogP contribution in [0.2, 0.25) is 0 Å². The number of hydrogen-bond donors (Lipinski definition) is 2. The predicted molar refractivity (Wildman–Crippen MR) is 118 cm³/mol. The number of thioether (sulfide) groups is 1. The van der Waals surface area contributed by atoms with Crippen LogP contribution in [0.4, 0.5) is 13.2 Å². The van der Waals surface area contributed by atoms with Crippen LogP contribution < -0.4 is 15.4 Å². The van der Waals surface area contributed by atoms with E-state index >= 15 is 0 Å². The van der Waals surface area contributed by atoms with Crippen molar-refractivity contribution in [3.8, 4) is 17.6 Å². The average Bonchev–Trinajstić information content (AvgIpc) is 2.78. The molecular formula is C23H23F3N2O3S. The first kappa shape index (κ1) is 25.1. The molecule has 2 rings (SSSR count). The number of benzene rings is 2. The maximum Gasteiger partial charge on any atom is 0.416 e. The van der Waals surface area contributed by atoms with E-state index in [1.165, 1.54) is 23.9 Å². The van der Waals surface area contributed by atoms with Gasteiger partial charge in [0.2, 0.25) is 5.91 Å². The van der Waals surface area contributed by atoms with E-state index < -0.39 is 29.6 Å². The first-order valence-corrected chi connectivity index (χ1v) is 11.1. The normalized spacial score (nSPS) is 11.6. The lowest BCUT2D eigenvalue weighted by molar-refractivity contribution is -0.137. The van der Waals surface area contributed by atoms with Crippen LogP contribution >= 0.6 is 11.8 Å². The molecular weight excluding hydrogens is 441 g/mol. The third kappa shape index (κ3) is 8.94. The minimum atomic E-state index is -4.45. The molecule has 0 fully saturated rings. The van der Waals surface area contributed by atoms with Crippen molar-refractivity contribution in [2.24, 2.45) is 0 Å². The maximum absolute atomic E-state index is 12.8. The second-order valence-corrected chi connectivity index (χ2v) is 7.59. The van der Waals surface area contributed by atoms with Crippen molar-refractivity contribution in [1.29, 1.82) is 0 Å². The Labute approximate surface area is 189 Å². The number of carbonyl (C=O) groups is 2. The van der Waals surface area contributed by atoms with E-state index in [-0.39, 0.29) is 18.7 Å². The molecule has 32 heavy (non-hydrogen) atoms. The Hall–Kier alpha value is -3.12. The van der Waals surface area contributed by atoms with Crippen molar-refractivity contribution in [3.05, 3.63) is 65.7 Å². The number of ether oxygens (including phenoxy) is 1. The number of nitrogens with one attached hydrogen (secondary N) is 2. The number of rotatable bonds is 9. The molecule has 2 aromatic carbocycles. The fourth-order valence-electron chi connectivity index (χ4n) is 2.58. The SMILES string of the molecule is CSCCC(NC(=O)COc1ccccc1)C(=O)NCC#Cc1cccc(C(F)(F)F)c1. The van der Waals surface area contributed by atoms with Crippen molar-refractivity contribution in [2.45, 2.75) is 18.6 Å². The number of alkyl halides is 3. The van der Waals surface area contributed by atoms with Crippen LogP contribution in [0.5, 0.6) is 5.75 Å². The van der Waals surface area contributed by atoms with Crippen molar-refractivity contribution in [3.63, 3.8) is 0 Å². The Morgan fingerprint density at radius 2 is 1.88 bits per heavy atom. The number of halogens is 3. The lowest BCUT2D eigenvalue weighted by atomic mass is 10.1. The van der Waals surface area contributed by atoms with Gasteiger partial charge in [-0.25, -0.2) is 0 Å². The lowest BCUT2D eigenvalue weighted by Crippen LogP contribution is -2.48. The minimum absolute atomic E-state index is 0.0682. The van der Waals surface area contributed by atoms with Crippen molar-refractivity contribution in [2.75, 3.05) is 25.2 Å². The molecule has 0 radical (unpaired) electrons. The van der Waals surface area contributed by atoms with Gasteiger partial charge in [0.25, 0.3) is 5.91 Å². The molecule has 9 heteroatoms. The summed E-state index contributed by atoms with van der Waals surface area (Å²) >= 11 is 1.53. The first-order chi connectivity index (χ1) is 15.3. The predicted octanol–water partition coefficient (Wildman–Crippen LogP) is 3.49. The van der Waals surface area contributed by atoms with E-state index in [1.807, 2.05) is 12.3 Å². The molecule has 2 N–H and O–H groups in total. The van der Waals surface area contributed by atoms with E-state index in [2.05, 4.69) is 22.5 Å². The maximum atomic E-state index is 12.8. The topological polar surface area (TPSA) is 67.4 Å². The molecule has 5 nitrogen and oxygen atoms in total. The largest absolute Gasteiger partial charge is 0.484 e. The monoisotopic (exact) mass is 464 g/mol. The van der Waals surface area contributed by atoms with E-state index in [4.69, 9.17) is 4.74 Å². The van der Waals surface area contributed by atoms with Gasteiger partial charge in [-0.2, -0.15) is 24.9 Å². The zero-order valence-electron chi connectivity index (χ0n) is 17.4. The summed E-state index contributed by atoms with van der Waals surface area (Å²) in [5, 5.41) is 5.23. The molecule has 0 aliphatic heterocycles. The molecule has 2 amide bonds. The molecule has 0 bridgehead atoms. The minimum Gasteiger partial charge on any atom is -0.484 e. The highest BCUT2D eigenvalue weighted by atomic mass is 32.2. The van der Waals surface area contributed by atoms with Gasteiger partial charge in [-0.15, -0.1) is 0 Å². The number of hydrogen-bond acceptors (Lipinski definition) is 4. The van der Waals surface area contributed by atoms with E-state index in [1.54, 1.807) is 24.3 Å². The van der Waals surface area contributed by atoms with E-state index in [0.717, 1.165) is 12.1 Å². The highest BCUT2D eigenvalue weighted by Gasteiger charge is 2.30. The number of para-hydroxylation sites is 1. The summed E-state index contributed by atoms with van der Waals surface area (Å²) in [5.74, 6) is 5.55. The highest BCUT2D eigenvalue weighted by molar-refractivity contribution is 7.98. The van der Waals surface area contributed by atoms with Crippen molar-refractivity contribution in [1.82, 2.24) is 10.6 Å². The van der Waals surface area contributed by atoms with Gasteiger partial charge in [-0.1, -0.05) is 36.1 Å². The van der Waals surface area contributed by atoms with Crippen LogP contribution in [0.15, 0.2) is 54.6 Å². The summed E-state index contributed by atoms with van der Waals surface area (Å²) in [6.07, 6.45) is -2.15. The molecule has 0 saturated heterocycles. The van der Waals surface area contributed by atoms with Crippen LogP contribution in [-0.2, 0) is 15.8 Å². The quantitative estimate of drug-likeness (QED) is 0.558. The third-order valence-corrected chi connectivity index (χ3v) is 4.79. The van der Waals surface area contributed by atoms with Gasteiger partial charge in [0.1, 0.15) is 11.8 Å². The Morgan fingerprint density at radius 1 is 1.12 bits per heavy atom. The van der Waals surface area contributed by atoms with Gasteiger partial charge in [0.15, 0.2) is 6.61 Å². The van der Waals surface area contributed by atoms with Crippen LogP contribution in [0, 0.1) is 11.8 Å². The molecule has 0 spiro atoms. The standard InChI is InChI=1S/C23H23F3N2O3S/c1-32-14-12-20(28-21(29)16-31-19-10-3-2-4-11-19)22(30)27-13-6-8-17-7-5-9-18(15-17)23(24,25)26/h2-5,7,9-11,15,20H,12-14,16H2,1H3,(H,27,30)(H,28,29). The molecule has 0 heterocycles. The number of carbonyl (C=O) groups excluding carboxylic acids is 2. The lowest BCUT2D eigenvalue weighted by Gasteiger charge is -2.17. The van der Waals surface area contributed by atoms with Crippen LogP contribution in [0.3, 0.4) is 0 Å². The molecule has 0 aliphatic carbocycles. The number of amides is 2. The van der Waals surface area contributed by atoms with Gasteiger partial charge in [0.05, 0.1) is 12.1 Å². The summed E-state index contributed by atoms with van der Waals surface area (Å²) in [6, 6.07) is 12.7. The average molecular weight is 465 g/mol. The summed E-state index contributed by atoms with van der Waals surface area (Å²) in [5.41, 5.74) is -0.592. The summed E-state index contributed by atoms with van der Waals surface area (Å²) in [6.45, 7) is -0.302. The first-order valence-electron chi connectivity index (χ1n) is 9.69. The molecule has 2 aromatic rings. The van der Waals surface area contributed by atoms with Crippen LogP contribution in [0.25, 0.3) is 0 Å². The van der Waals surface area contributed by atoms with Gasteiger partial charge < -0.3 is 15.4 Å². The van der Waals surface area contributed by atoms with Gasteiger partial charge in [-0.3, -0.25) is 9.59 Å². The summed E-state index contributed by atoms with van der Waals surface area (Å²) in [4.78, 5) is 24.6. The van der Waals surface area contributed by atoms with Crippen LogP contribution in [-0.4, -0.2) is 43.0 Å². The van der Waals surface area contributed by atoms with Gasteiger partial charge >= 0.3 is 6.18 Å².